The van der Waals surface area contributed by atoms with Crippen LogP contribution in [0.2, 0.25) is 0 Å². The van der Waals surface area contributed by atoms with E-state index in [2.05, 4.69) is 91.0 Å². The fourth-order valence-electron chi connectivity index (χ4n) is 4.69. The molecule has 0 atom stereocenters. The summed E-state index contributed by atoms with van der Waals surface area (Å²) in [5, 5.41) is 3.65. The van der Waals surface area contributed by atoms with Crippen LogP contribution in [0.4, 0.5) is 0 Å². The molecule has 0 aromatic heterocycles. The number of halogens is 8. The van der Waals surface area contributed by atoms with Crippen molar-refractivity contribution in [2.45, 2.75) is 7.59 Å². The van der Waals surface area contributed by atoms with Gasteiger partial charge in [-0.15, -0.1) is 0 Å². The molecule has 0 bridgehead atoms. The Morgan fingerprint density at radius 1 is 0.312 bits per heavy atom. The van der Waals surface area contributed by atoms with Crippen molar-refractivity contribution >= 4 is 137 Å². The first-order valence-corrected chi connectivity index (χ1v) is 22.2. The SMILES string of the molecule is ClC(Cl)(Cl)C(Cl)(Cl)Cl.ClP(Cl)(c1ccccc1)(c1ccccc1)c1ccccc1.c1ccc(P(c2ccccc2)c2ccccc2)cc1. The van der Waals surface area contributed by atoms with Crippen LogP contribution in [-0.2, 0) is 0 Å². The van der Waals surface area contributed by atoms with Crippen LogP contribution in [0.3, 0.4) is 0 Å². The summed E-state index contributed by atoms with van der Waals surface area (Å²) < 4.78 is -3.70. The van der Waals surface area contributed by atoms with E-state index in [4.69, 9.17) is 92.1 Å². The Labute approximate surface area is 324 Å². The number of rotatable bonds is 6. The Bertz CT molecular complexity index is 1590. The van der Waals surface area contributed by atoms with Gasteiger partial charge >= 0.3 is 135 Å². The zero-order chi connectivity index (χ0) is 34.7. The average molecular weight is 832 g/mol. The molecule has 6 aromatic carbocycles. The van der Waals surface area contributed by atoms with Crippen molar-refractivity contribution in [2.24, 2.45) is 0 Å². The van der Waals surface area contributed by atoms with Crippen LogP contribution in [0.25, 0.3) is 0 Å². The van der Waals surface area contributed by atoms with Crippen LogP contribution >= 0.6 is 105 Å². The van der Waals surface area contributed by atoms with Gasteiger partial charge in [0.2, 0.25) is 7.59 Å². The van der Waals surface area contributed by atoms with Crippen molar-refractivity contribution in [3.63, 3.8) is 0 Å². The van der Waals surface area contributed by atoms with Gasteiger partial charge in [0.15, 0.2) is 0 Å². The third kappa shape index (κ3) is 10.1. The van der Waals surface area contributed by atoms with E-state index in [1.54, 1.807) is 0 Å². The van der Waals surface area contributed by atoms with Crippen LogP contribution < -0.4 is 31.8 Å². The molecule has 0 amide bonds. The van der Waals surface area contributed by atoms with Gasteiger partial charge in [0.05, 0.1) is 0 Å². The van der Waals surface area contributed by atoms with Gasteiger partial charge in [0, 0.05) is 0 Å². The maximum absolute atomic E-state index is 7.27. The molecule has 0 fully saturated rings. The minimum Gasteiger partial charge on any atom is -0.0622 e. The van der Waals surface area contributed by atoms with Crippen molar-refractivity contribution in [3.8, 4) is 0 Å². The van der Waals surface area contributed by atoms with Gasteiger partial charge in [-0.3, -0.25) is 0 Å². The molecule has 0 nitrogen and oxygen atoms in total. The molecule has 0 N–H and O–H groups in total. The Morgan fingerprint density at radius 2 is 0.500 bits per heavy atom. The Morgan fingerprint density at radius 3 is 0.688 bits per heavy atom. The summed E-state index contributed by atoms with van der Waals surface area (Å²) in [6, 6.07) is 62.2. The van der Waals surface area contributed by atoms with Crippen molar-refractivity contribution in [1.82, 2.24) is 0 Å². The second kappa shape index (κ2) is 17.6. The van der Waals surface area contributed by atoms with E-state index in [0.29, 0.717) is 0 Å². The second-order valence-electron chi connectivity index (χ2n) is 10.3. The van der Waals surface area contributed by atoms with Crippen LogP contribution in [0.5, 0.6) is 0 Å². The third-order valence-electron chi connectivity index (χ3n) is 6.99. The van der Waals surface area contributed by atoms with Gasteiger partial charge in [0.25, 0.3) is 0 Å². The predicted octanol–water partition coefficient (Wildman–Crippen LogP) is 12.0. The molecule has 10 heteroatoms. The summed E-state index contributed by atoms with van der Waals surface area (Å²) in [6.07, 6.45) is 0. The number of alkyl halides is 6. The summed E-state index contributed by atoms with van der Waals surface area (Å²) in [7, 11) is -0.446. The number of hydrogen-bond donors (Lipinski definition) is 0. The summed E-state index contributed by atoms with van der Waals surface area (Å²) >= 11 is 45.4. The van der Waals surface area contributed by atoms with Crippen molar-refractivity contribution in [3.05, 3.63) is 182 Å². The fourth-order valence-corrected chi connectivity index (χ4v) is 12.0. The van der Waals surface area contributed by atoms with Crippen molar-refractivity contribution in [1.29, 1.82) is 0 Å². The summed E-state index contributed by atoms with van der Waals surface area (Å²) in [4.78, 5) is 0. The number of hydrogen-bond acceptors (Lipinski definition) is 0. The molecule has 0 aliphatic heterocycles. The van der Waals surface area contributed by atoms with E-state index in [1.165, 1.54) is 15.9 Å². The molecule has 0 saturated heterocycles. The van der Waals surface area contributed by atoms with Crippen molar-refractivity contribution < 1.29 is 0 Å². The minimum atomic E-state index is -3.43. The maximum Gasteiger partial charge on any atom is -0.0134 e. The van der Waals surface area contributed by atoms with Gasteiger partial charge in [0.1, 0.15) is 0 Å². The van der Waals surface area contributed by atoms with E-state index >= 15 is 0 Å². The van der Waals surface area contributed by atoms with Gasteiger partial charge in [-0.05, 0) is 23.8 Å². The monoisotopic (exact) mass is 828 g/mol. The molecule has 248 valence electrons. The van der Waals surface area contributed by atoms with Gasteiger partial charge in [-0.2, -0.15) is 0 Å². The molecule has 0 saturated carbocycles. The molecule has 6 aromatic rings. The van der Waals surface area contributed by atoms with E-state index in [-0.39, 0.29) is 0 Å². The quantitative estimate of drug-likeness (QED) is 0.116. The zero-order valence-corrected chi connectivity index (χ0v) is 33.1. The topological polar surface area (TPSA) is 0 Å². The molecular formula is C38H30Cl8P2. The van der Waals surface area contributed by atoms with Crippen LogP contribution in [0.15, 0.2) is 182 Å². The molecule has 0 aliphatic carbocycles. The fraction of sp³-hybridized carbons (Fsp3) is 0.0526. The first-order chi connectivity index (χ1) is 22.8. The minimum absolute atomic E-state index is 0.446. The molecule has 0 aliphatic rings. The molecule has 0 radical (unpaired) electrons. The van der Waals surface area contributed by atoms with E-state index in [9.17, 15) is 0 Å². The standard InChI is InChI=1S/C18H15Cl2P.C18H15P.C2Cl6/c19-21(20,16-10-4-1-5-11-16,17-12-6-2-7-13-17)18-14-8-3-9-15-18;1-4-10-16(11-5-1)19(17-12-6-2-7-13-17)18-14-8-3-9-15-18;3-1(4,5)2(6,7)8/h1-15H;1-15H;. The first kappa shape index (κ1) is 39.3. The molecule has 0 heterocycles. The normalized spacial score (nSPS) is 12.4. The number of benzene rings is 6. The first-order valence-electron chi connectivity index (χ1n) is 14.5. The Hall–Kier alpha value is -1.50. The van der Waals surface area contributed by atoms with Crippen LogP contribution in [-0.4, -0.2) is 7.59 Å². The molecule has 48 heavy (non-hydrogen) atoms. The van der Waals surface area contributed by atoms with Crippen LogP contribution in [0, 0.1) is 0 Å². The predicted molar refractivity (Wildman–Crippen MR) is 223 cm³/mol. The molecule has 6 rings (SSSR count). The average Bonchev–Trinajstić information content (AvgIpc) is 3.11. The summed E-state index contributed by atoms with van der Waals surface area (Å²) in [5.41, 5.74) is 0. The summed E-state index contributed by atoms with van der Waals surface area (Å²) in [5.74, 6) is 0. The Balaban J connectivity index is 0.000000179. The van der Waals surface area contributed by atoms with E-state index < -0.39 is 20.8 Å². The third-order valence-corrected chi connectivity index (χ3v) is 19.1. The molecule has 0 unspecified atom stereocenters. The van der Waals surface area contributed by atoms with E-state index in [1.807, 2.05) is 91.0 Å². The Kier molecular flexibility index (Phi) is 14.4. The summed E-state index contributed by atoms with van der Waals surface area (Å²) in [6.45, 7) is 0. The maximum atomic E-state index is 7.27. The largest absolute Gasteiger partial charge is 0.0622 e. The second-order valence-corrected chi connectivity index (χ2v) is 25.0. The van der Waals surface area contributed by atoms with E-state index in [0.717, 1.165) is 15.9 Å². The van der Waals surface area contributed by atoms with Crippen LogP contribution in [0.1, 0.15) is 0 Å². The molecular weight excluding hydrogens is 802 g/mol. The molecule has 0 spiro atoms. The smallest absolute Gasteiger partial charge is 0.0134 e. The van der Waals surface area contributed by atoms with Gasteiger partial charge < -0.3 is 0 Å². The van der Waals surface area contributed by atoms with Gasteiger partial charge in [-0.25, -0.2) is 0 Å². The van der Waals surface area contributed by atoms with Gasteiger partial charge in [-0.1, -0.05) is 161 Å². The zero-order valence-electron chi connectivity index (χ0n) is 25.2. The van der Waals surface area contributed by atoms with Crippen molar-refractivity contribution in [2.75, 3.05) is 0 Å².